The molecule has 0 aliphatic rings. The molecular formula is C21H28N2O5S. The highest BCUT2D eigenvalue weighted by Crippen LogP contribution is 2.18. The van der Waals surface area contributed by atoms with Gasteiger partial charge in [-0.1, -0.05) is 0 Å². The molecule has 2 rings (SSSR count). The van der Waals surface area contributed by atoms with Crippen LogP contribution in [0.15, 0.2) is 53.4 Å². The van der Waals surface area contributed by atoms with Crippen molar-refractivity contribution in [2.45, 2.75) is 24.8 Å². The average Bonchev–Trinajstić information content (AvgIpc) is 2.73. The van der Waals surface area contributed by atoms with Crippen LogP contribution in [0.5, 0.6) is 11.5 Å². The first kappa shape index (κ1) is 22.7. The van der Waals surface area contributed by atoms with Crippen LogP contribution in [0.1, 0.15) is 24.2 Å². The fraction of sp³-hybridized carbons (Fsp3) is 0.381. The second-order valence-electron chi connectivity index (χ2n) is 6.89. The number of benzene rings is 2. The monoisotopic (exact) mass is 420 g/mol. The van der Waals surface area contributed by atoms with Crippen molar-refractivity contribution in [2.24, 2.45) is 0 Å². The Hall–Kier alpha value is -2.58. The molecule has 2 aromatic rings. The first-order chi connectivity index (χ1) is 13.7. The van der Waals surface area contributed by atoms with Gasteiger partial charge >= 0.3 is 0 Å². The van der Waals surface area contributed by atoms with Crippen LogP contribution in [0.3, 0.4) is 0 Å². The Labute approximate surface area is 172 Å². The maximum atomic E-state index is 12.6. The molecule has 0 saturated heterocycles. The molecule has 0 unspecified atom stereocenters. The summed E-state index contributed by atoms with van der Waals surface area (Å²) in [6.45, 7) is 4.33. The van der Waals surface area contributed by atoms with Crippen molar-refractivity contribution in [3.63, 3.8) is 0 Å². The van der Waals surface area contributed by atoms with Crippen molar-refractivity contribution in [1.82, 2.24) is 9.21 Å². The van der Waals surface area contributed by atoms with E-state index in [0.29, 0.717) is 24.5 Å². The summed E-state index contributed by atoms with van der Waals surface area (Å²) in [4.78, 5) is 14.3. The Bertz CT molecular complexity index is 909. The topological polar surface area (TPSA) is 76.1 Å². The highest BCUT2D eigenvalue weighted by atomic mass is 32.2. The van der Waals surface area contributed by atoms with E-state index in [4.69, 9.17) is 9.47 Å². The number of nitrogens with zero attached hydrogens (tertiary/aromatic N) is 2. The number of rotatable bonds is 9. The predicted molar refractivity (Wildman–Crippen MR) is 112 cm³/mol. The Morgan fingerprint density at radius 2 is 1.52 bits per heavy atom. The molecule has 0 aliphatic carbocycles. The predicted octanol–water partition coefficient (Wildman–Crippen LogP) is 2.88. The normalized spacial score (nSPS) is 11.6. The Kier molecular flexibility index (Phi) is 7.64. The van der Waals surface area contributed by atoms with Gasteiger partial charge in [-0.25, -0.2) is 8.42 Å². The van der Waals surface area contributed by atoms with Crippen molar-refractivity contribution >= 4 is 15.9 Å². The number of sulfonamides is 1. The highest BCUT2D eigenvalue weighted by Gasteiger charge is 2.23. The van der Waals surface area contributed by atoms with Gasteiger partial charge in [-0.05, 0) is 62.4 Å². The molecule has 0 spiro atoms. The standard InChI is InChI=1S/C21H28N2O5S/c1-16(2)23(4)29(25,26)20-12-6-17(7-13-20)21(24)22(3)14-15-28-19-10-8-18(27-5)9-11-19/h6-13,16H,14-15H2,1-5H3. The summed E-state index contributed by atoms with van der Waals surface area (Å²) in [5, 5.41) is 0. The van der Waals surface area contributed by atoms with Crippen LogP contribution in [-0.4, -0.2) is 63.9 Å². The largest absolute Gasteiger partial charge is 0.497 e. The molecule has 0 saturated carbocycles. The molecule has 0 aliphatic heterocycles. The van der Waals surface area contributed by atoms with Crippen LogP contribution in [0.25, 0.3) is 0 Å². The fourth-order valence-electron chi connectivity index (χ4n) is 2.51. The molecule has 7 nitrogen and oxygen atoms in total. The Morgan fingerprint density at radius 1 is 0.966 bits per heavy atom. The van der Waals surface area contributed by atoms with E-state index in [1.807, 2.05) is 0 Å². The number of hydrogen-bond donors (Lipinski definition) is 0. The smallest absolute Gasteiger partial charge is 0.253 e. The molecule has 2 aromatic carbocycles. The molecule has 0 radical (unpaired) electrons. The minimum atomic E-state index is -3.57. The molecule has 0 bridgehead atoms. The van der Waals surface area contributed by atoms with Crippen molar-refractivity contribution in [3.05, 3.63) is 54.1 Å². The lowest BCUT2D eigenvalue weighted by Crippen LogP contribution is -2.33. The van der Waals surface area contributed by atoms with E-state index in [-0.39, 0.29) is 16.8 Å². The highest BCUT2D eigenvalue weighted by molar-refractivity contribution is 7.89. The lowest BCUT2D eigenvalue weighted by atomic mass is 10.2. The van der Waals surface area contributed by atoms with E-state index in [1.165, 1.54) is 40.5 Å². The third kappa shape index (κ3) is 5.71. The van der Waals surface area contributed by atoms with Gasteiger partial charge < -0.3 is 14.4 Å². The summed E-state index contributed by atoms with van der Waals surface area (Å²) in [6.07, 6.45) is 0. The van der Waals surface area contributed by atoms with Gasteiger partial charge in [-0.15, -0.1) is 0 Å². The molecule has 29 heavy (non-hydrogen) atoms. The van der Waals surface area contributed by atoms with Gasteiger partial charge in [0.2, 0.25) is 10.0 Å². The minimum Gasteiger partial charge on any atom is -0.497 e. The average molecular weight is 421 g/mol. The zero-order valence-electron chi connectivity index (χ0n) is 17.5. The number of hydrogen-bond acceptors (Lipinski definition) is 5. The second kappa shape index (κ2) is 9.76. The first-order valence-electron chi connectivity index (χ1n) is 9.27. The third-order valence-electron chi connectivity index (χ3n) is 4.61. The lowest BCUT2D eigenvalue weighted by Gasteiger charge is -2.21. The molecule has 0 N–H and O–H groups in total. The molecule has 0 heterocycles. The fourth-order valence-corrected chi connectivity index (χ4v) is 3.88. The van der Waals surface area contributed by atoms with Gasteiger partial charge in [0.15, 0.2) is 0 Å². The summed E-state index contributed by atoms with van der Waals surface area (Å²) in [5.41, 5.74) is 0.420. The summed E-state index contributed by atoms with van der Waals surface area (Å²) < 4.78 is 37.1. The molecule has 0 fully saturated rings. The van der Waals surface area contributed by atoms with Gasteiger partial charge in [0.25, 0.3) is 5.91 Å². The Balaban J connectivity index is 1.95. The quantitative estimate of drug-likeness (QED) is 0.624. The minimum absolute atomic E-state index is 0.154. The van der Waals surface area contributed by atoms with Crippen LogP contribution in [0, 0.1) is 0 Å². The van der Waals surface area contributed by atoms with Crippen LogP contribution >= 0.6 is 0 Å². The van der Waals surface area contributed by atoms with Crippen LogP contribution in [0.2, 0.25) is 0 Å². The van der Waals surface area contributed by atoms with Crippen molar-refractivity contribution in [3.8, 4) is 11.5 Å². The molecule has 0 aromatic heterocycles. The Morgan fingerprint density at radius 3 is 2.03 bits per heavy atom. The summed E-state index contributed by atoms with van der Waals surface area (Å²) in [7, 11) is 1.24. The maximum Gasteiger partial charge on any atom is 0.253 e. The summed E-state index contributed by atoms with van der Waals surface area (Å²) in [5.74, 6) is 1.23. The summed E-state index contributed by atoms with van der Waals surface area (Å²) >= 11 is 0. The summed E-state index contributed by atoms with van der Waals surface area (Å²) in [6, 6.07) is 13.0. The van der Waals surface area contributed by atoms with Crippen LogP contribution in [-0.2, 0) is 10.0 Å². The van der Waals surface area contributed by atoms with E-state index in [1.54, 1.807) is 52.3 Å². The third-order valence-corrected chi connectivity index (χ3v) is 6.65. The second-order valence-corrected chi connectivity index (χ2v) is 8.89. The first-order valence-corrected chi connectivity index (χ1v) is 10.7. The van der Waals surface area contributed by atoms with E-state index in [9.17, 15) is 13.2 Å². The van der Waals surface area contributed by atoms with Gasteiger partial charge in [0, 0.05) is 25.7 Å². The molecular weight excluding hydrogens is 392 g/mol. The zero-order valence-corrected chi connectivity index (χ0v) is 18.3. The number of methoxy groups -OCH3 is 1. The SMILES string of the molecule is COc1ccc(OCCN(C)C(=O)c2ccc(S(=O)(=O)N(C)C(C)C)cc2)cc1. The van der Waals surface area contributed by atoms with Gasteiger partial charge in [0.1, 0.15) is 18.1 Å². The number of likely N-dealkylation sites (N-methyl/N-ethyl adjacent to an activating group) is 1. The molecule has 1 amide bonds. The lowest BCUT2D eigenvalue weighted by molar-refractivity contribution is 0.0773. The van der Waals surface area contributed by atoms with E-state index >= 15 is 0 Å². The number of carbonyl (C=O) groups excluding carboxylic acids is 1. The van der Waals surface area contributed by atoms with Gasteiger partial charge in [0.05, 0.1) is 18.6 Å². The molecule has 158 valence electrons. The van der Waals surface area contributed by atoms with Crippen molar-refractivity contribution < 1.29 is 22.7 Å². The number of carbonyl (C=O) groups is 1. The van der Waals surface area contributed by atoms with Crippen LogP contribution in [0.4, 0.5) is 0 Å². The van der Waals surface area contributed by atoms with E-state index in [2.05, 4.69) is 0 Å². The van der Waals surface area contributed by atoms with Crippen molar-refractivity contribution in [1.29, 1.82) is 0 Å². The molecule has 0 atom stereocenters. The van der Waals surface area contributed by atoms with Crippen LogP contribution < -0.4 is 9.47 Å². The van der Waals surface area contributed by atoms with Gasteiger partial charge in [-0.3, -0.25) is 4.79 Å². The zero-order chi connectivity index (χ0) is 21.6. The van der Waals surface area contributed by atoms with Crippen molar-refractivity contribution in [2.75, 3.05) is 34.4 Å². The number of amides is 1. The van der Waals surface area contributed by atoms with Gasteiger partial charge in [-0.2, -0.15) is 4.31 Å². The maximum absolute atomic E-state index is 12.6. The number of ether oxygens (including phenoxy) is 2. The van der Waals surface area contributed by atoms with E-state index < -0.39 is 10.0 Å². The van der Waals surface area contributed by atoms with E-state index in [0.717, 1.165) is 5.75 Å². The molecule has 8 heteroatoms.